The van der Waals surface area contributed by atoms with E-state index in [1.807, 2.05) is 6.92 Å². The van der Waals surface area contributed by atoms with E-state index >= 15 is 0 Å². The van der Waals surface area contributed by atoms with Crippen molar-refractivity contribution in [2.24, 2.45) is 0 Å². The Hall–Kier alpha value is 0.384. The lowest BCUT2D eigenvalue weighted by Gasteiger charge is -2.33. The first-order valence-electron chi connectivity index (χ1n) is 6.05. The maximum atomic E-state index is 12.6. The zero-order valence-corrected chi connectivity index (χ0v) is 14.7. The lowest BCUT2D eigenvalue weighted by atomic mass is 10.2. The number of rotatable bonds is 3. The first-order chi connectivity index (χ1) is 6.81. The van der Waals surface area contributed by atoms with Gasteiger partial charge in [-0.05, 0) is 13.3 Å². The van der Waals surface area contributed by atoms with E-state index < -0.39 is 30.4 Å². The Kier molecular flexibility index (Phi) is 2.92. The normalized spacial score (nSPS) is 38.5. The Bertz CT molecular complexity index is 403. The van der Waals surface area contributed by atoms with Crippen LogP contribution in [0.5, 0.6) is 0 Å². The van der Waals surface area contributed by atoms with Gasteiger partial charge >= 0.3 is 0 Å². The predicted molar refractivity (Wildman–Crippen MR) is 77.0 cm³/mol. The summed E-state index contributed by atoms with van der Waals surface area (Å²) in [4.78, 5) is 0. The van der Waals surface area contributed by atoms with Gasteiger partial charge in [0.25, 0.3) is 0 Å². The van der Waals surface area contributed by atoms with Crippen molar-refractivity contribution in [3.63, 3.8) is 0 Å². The molecule has 0 spiro atoms. The Morgan fingerprint density at radius 3 is 1.38 bits per heavy atom. The van der Waals surface area contributed by atoms with Gasteiger partial charge in [-0.15, -0.1) is 0 Å². The third-order valence-corrected chi connectivity index (χ3v) is 20.2. The van der Waals surface area contributed by atoms with E-state index in [9.17, 15) is 8.42 Å². The minimum atomic E-state index is -2.90. The Balaban J connectivity index is 3.52. The van der Waals surface area contributed by atoms with E-state index in [1.165, 1.54) is 0 Å². The minimum absolute atomic E-state index is 0.364. The molecular weight excluding hydrogens is 252 g/mol. The summed E-state index contributed by atoms with van der Waals surface area (Å²) in [6, 6.07) is 0. The van der Waals surface area contributed by atoms with Crippen molar-refractivity contribution < 1.29 is 8.42 Å². The highest BCUT2D eigenvalue weighted by Gasteiger charge is 2.86. The summed E-state index contributed by atoms with van der Waals surface area (Å²) in [6.07, 6.45) is 0.797. The SMILES string of the molecule is CC[C@]1([Si](C)(C)C)[C@](C)([Si](C)(C)C)S1(=O)=O. The molecule has 1 aliphatic rings. The van der Waals surface area contributed by atoms with E-state index in [1.54, 1.807) is 0 Å². The molecule has 16 heavy (non-hydrogen) atoms. The van der Waals surface area contributed by atoms with Gasteiger partial charge in [0.2, 0.25) is 0 Å². The fraction of sp³-hybridized carbons (Fsp3) is 1.00. The van der Waals surface area contributed by atoms with Gasteiger partial charge in [-0.25, -0.2) is 8.42 Å². The molecule has 0 aliphatic carbocycles. The molecule has 0 N–H and O–H groups in total. The number of hydrogen-bond donors (Lipinski definition) is 0. The highest BCUT2D eigenvalue weighted by Crippen LogP contribution is 2.66. The van der Waals surface area contributed by atoms with Crippen molar-refractivity contribution in [2.45, 2.75) is 68.3 Å². The van der Waals surface area contributed by atoms with Crippen molar-refractivity contribution in [3.8, 4) is 0 Å². The lowest BCUT2D eigenvalue weighted by molar-refractivity contribution is 0.607. The Labute approximate surface area is 103 Å². The Morgan fingerprint density at radius 1 is 0.938 bits per heavy atom. The fourth-order valence-electron chi connectivity index (χ4n) is 3.77. The molecule has 0 aromatic rings. The van der Waals surface area contributed by atoms with Crippen LogP contribution in [-0.2, 0) is 9.84 Å². The van der Waals surface area contributed by atoms with Gasteiger partial charge in [0.05, 0.1) is 24.9 Å². The molecule has 0 amide bonds. The summed E-state index contributed by atoms with van der Waals surface area (Å²) < 4.78 is 24.5. The summed E-state index contributed by atoms with van der Waals surface area (Å²) in [5, 5.41) is 0. The topological polar surface area (TPSA) is 34.1 Å². The maximum Gasteiger partial charge on any atom is 0.158 e. The average molecular weight is 279 g/mol. The first kappa shape index (κ1) is 14.4. The van der Waals surface area contributed by atoms with Crippen LogP contribution in [0, 0.1) is 0 Å². The zero-order valence-electron chi connectivity index (χ0n) is 11.9. The highest BCUT2D eigenvalue weighted by atomic mass is 32.2. The largest absolute Gasteiger partial charge is 0.228 e. The molecule has 96 valence electrons. The van der Waals surface area contributed by atoms with E-state index in [4.69, 9.17) is 0 Å². The van der Waals surface area contributed by atoms with E-state index in [-0.39, 0.29) is 4.37 Å². The van der Waals surface area contributed by atoms with Crippen LogP contribution in [-0.4, -0.2) is 33.3 Å². The summed E-state index contributed by atoms with van der Waals surface area (Å²) in [5.41, 5.74) is 0. The summed E-state index contributed by atoms with van der Waals surface area (Å²) in [5.74, 6) is 0. The van der Waals surface area contributed by atoms with Gasteiger partial charge in [-0.2, -0.15) is 0 Å². The van der Waals surface area contributed by atoms with Gasteiger partial charge in [-0.1, -0.05) is 46.2 Å². The number of hydrogen-bond acceptors (Lipinski definition) is 2. The quantitative estimate of drug-likeness (QED) is 0.587. The van der Waals surface area contributed by atoms with E-state index in [0.717, 1.165) is 6.42 Å². The summed E-state index contributed by atoms with van der Waals surface area (Å²) in [7, 11) is -6.31. The van der Waals surface area contributed by atoms with Crippen molar-refractivity contribution in [1.82, 2.24) is 0 Å². The monoisotopic (exact) mass is 278 g/mol. The van der Waals surface area contributed by atoms with Crippen LogP contribution in [0.1, 0.15) is 20.3 Å². The Morgan fingerprint density at radius 2 is 1.31 bits per heavy atom. The van der Waals surface area contributed by atoms with Crippen LogP contribution < -0.4 is 0 Å². The third-order valence-electron chi connectivity index (χ3n) is 4.87. The molecule has 0 unspecified atom stereocenters. The van der Waals surface area contributed by atoms with Gasteiger partial charge in [0.15, 0.2) is 9.84 Å². The molecule has 0 radical (unpaired) electrons. The summed E-state index contributed by atoms with van der Waals surface area (Å²) in [6.45, 7) is 17.3. The van der Waals surface area contributed by atoms with Crippen molar-refractivity contribution >= 4 is 26.0 Å². The molecule has 0 bridgehead atoms. The van der Waals surface area contributed by atoms with Crippen LogP contribution in [0.4, 0.5) is 0 Å². The van der Waals surface area contributed by atoms with Gasteiger partial charge in [0, 0.05) is 0 Å². The van der Waals surface area contributed by atoms with Crippen molar-refractivity contribution in [2.75, 3.05) is 0 Å². The molecule has 0 aromatic heterocycles. The maximum absolute atomic E-state index is 12.6. The third kappa shape index (κ3) is 1.20. The molecule has 1 rings (SSSR count). The second-order valence-corrected chi connectivity index (χ2v) is 21.3. The minimum Gasteiger partial charge on any atom is -0.228 e. The van der Waals surface area contributed by atoms with Crippen LogP contribution >= 0.6 is 0 Å². The molecule has 1 fully saturated rings. The molecule has 5 heteroatoms. The molecule has 2 nitrogen and oxygen atoms in total. The second-order valence-electron chi connectivity index (χ2n) is 7.22. The number of sulfone groups is 1. The van der Waals surface area contributed by atoms with Crippen LogP contribution in [0.15, 0.2) is 0 Å². The zero-order chi connectivity index (χ0) is 13.2. The average Bonchev–Trinajstić information content (AvgIpc) is 2.41. The smallest absolute Gasteiger partial charge is 0.158 e. The highest BCUT2D eigenvalue weighted by molar-refractivity contribution is 8.06. The molecule has 1 aliphatic heterocycles. The van der Waals surface area contributed by atoms with Gasteiger partial charge in [-0.3, -0.25) is 0 Å². The van der Waals surface area contributed by atoms with Gasteiger partial charge < -0.3 is 0 Å². The lowest BCUT2D eigenvalue weighted by Crippen LogP contribution is -2.54. The molecule has 0 saturated carbocycles. The van der Waals surface area contributed by atoms with E-state index in [0.29, 0.717) is 0 Å². The fourth-order valence-corrected chi connectivity index (χ4v) is 22.0. The van der Waals surface area contributed by atoms with Crippen molar-refractivity contribution in [3.05, 3.63) is 0 Å². The molecular formula is C11H26O2SSi2. The molecule has 2 atom stereocenters. The molecule has 1 saturated heterocycles. The molecule has 1 heterocycles. The summed E-state index contributed by atoms with van der Waals surface area (Å²) >= 11 is 0. The molecule has 0 aromatic carbocycles. The second kappa shape index (κ2) is 3.23. The predicted octanol–water partition coefficient (Wildman–Crippen LogP) is 3.08. The van der Waals surface area contributed by atoms with Crippen LogP contribution in [0.3, 0.4) is 0 Å². The van der Waals surface area contributed by atoms with Gasteiger partial charge in [0.1, 0.15) is 0 Å². The standard InChI is InChI=1S/C11H26O2SSi2/c1-9-11(16(6,7)8)10(2,14(11,12)13)15(3,4)5/h9H2,1-8H3/t10-,11-/m0/s1. The van der Waals surface area contributed by atoms with Crippen LogP contribution in [0.25, 0.3) is 0 Å². The van der Waals surface area contributed by atoms with E-state index in [2.05, 4.69) is 46.2 Å². The first-order valence-corrected chi connectivity index (χ1v) is 14.5. The van der Waals surface area contributed by atoms with Crippen LogP contribution in [0.2, 0.25) is 39.3 Å². The van der Waals surface area contributed by atoms with Crippen molar-refractivity contribution in [1.29, 1.82) is 0 Å².